The van der Waals surface area contributed by atoms with Gasteiger partial charge in [0.2, 0.25) is 0 Å². The predicted molar refractivity (Wildman–Crippen MR) is 67.7 cm³/mol. The van der Waals surface area contributed by atoms with Crippen LogP contribution in [0.4, 0.5) is 23.2 Å². The Morgan fingerprint density at radius 1 is 0.895 bits per heavy atom. The quantitative estimate of drug-likeness (QED) is 0.638. The second kappa shape index (κ2) is 5.61. The van der Waals surface area contributed by atoms with Crippen LogP contribution in [0.15, 0.2) is 34.8 Å². The van der Waals surface area contributed by atoms with Crippen molar-refractivity contribution in [2.45, 2.75) is 6.54 Å². The molecule has 0 bridgehead atoms. The minimum Gasteiger partial charge on any atom is -0.379 e. The van der Waals surface area contributed by atoms with Crippen LogP contribution in [-0.2, 0) is 6.54 Å². The Labute approximate surface area is 115 Å². The third kappa shape index (κ3) is 3.07. The van der Waals surface area contributed by atoms with Crippen LogP contribution in [0.1, 0.15) is 5.56 Å². The van der Waals surface area contributed by atoms with Crippen molar-refractivity contribution in [3.05, 3.63) is 63.6 Å². The van der Waals surface area contributed by atoms with E-state index in [-0.39, 0.29) is 12.2 Å². The van der Waals surface area contributed by atoms with Gasteiger partial charge in [0, 0.05) is 6.54 Å². The first-order valence-electron chi connectivity index (χ1n) is 5.30. The lowest BCUT2D eigenvalue weighted by Gasteiger charge is -2.09. The molecule has 0 unspecified atom stereocenters. The molecule has 0 saturated heterocycles. The normalized spacial score (nSPS) is 10.6. The van der Waals surface area contributed by atoms with Gasteiger partial charge in [0.15, 0.2) is 17.5 Å². The average Bonchev–Trinajstić information content (AvgIpc) is 2.39. The van der Waals surface area contributed by atoms with E-state index in [2.05, 4.69) is 21.2 Å². The Morgan fingerprint density at radius 3 is 2.32 bits per heavy atom. The Bertz CT molecular complexity index is 616. The van der Waals surface area contributed by atoms with Crippen LogP contribution in [-0.4, -0.2) is 0 Å². The van der Waals surface area contributed by atoms with Crippen molar-refractivity contribution in [3.63, 3.8) is 0 Å². The highest BCUT2D eigenvalue weighted by atomic mass is 79.9. The molecule has 6 heteroatoms. The van der Waals surface area contributed by atoms with E-state index in [1.165, 1.54) is 12.1 Å². The topological polar surface area (TPSA) is 12.0 Å². The van der Waals surface area contributed by atoms with Crippen molar-refractivity contribution in [3.8, 4) is 0 Å². The van der Waals surface area contributed by atoms with E-state index in [9.17, 15) is 17.6 Å². The fourth-order valence-electron chi connectivity index (χ4n) is 1.51. The molecule has 0 radical (unpaired) electrons. The van der Waals surface area contributed by atoms with E-state index in [1.807, 2.05) is 0 Å². The lowest BCUT2D eigenvalue weighted by atomic mass is 10.2. The van der Waals surface area contributed by atoms with Gasteiger partial charge in [-0.3, -0.25) is 0 Å². The fraction of sp³-hybridized carbons (Fsp3) is 0.0769. The van der Waals surface area contributed by atoms with E-state index < -0.39 is 23.3 Å². The van der Waals surface area contributed by atoms with E-state index in [1.54, 1.807) is 6.07 Å². The Balaban J connectivity index is 2.14. The van der Waals surface area contributed by atoms with Crippen molar-refractivity contribution >= 4 is 21.6 Å². The molecule has 2 aromatic rings. The molecule has 0 atom stereocenters. The summed E-state index contributed by atoms with van der Waals surface area (Å²) in [6, 6.07) is 6.30. The Morgan fingerprint density at radius 2 is 1.63 bits per heavy atom. The molecule has 19 heavy (non-hydrogen) atoms. The van der Waals surface area contributed by atoms with Crippen LogP contribution in [0.25, 0.3) is 0 Å². The fourth-order valence-corrected chi connectivity index (χ4v) is 1.76. The van der Waals surface area contributed by atoms with Crippen LogP contribution in [0.2, 0.25) is 0 Å². The van der Waals surface area contributed by atoms with Crippen molar-refractivity contribution in [1.82, 2.24) is 0 Å². The monoisotopic (exact) mass is 333 g/mol. The van der Waals surface area contributed by atoms with Crippen molar-refractivity contribution in [1.29, 1.82) is 0 Å². The highest BCUT2D eigenvalue weighted by molar-refractivity contribution is 9.10. The minimum absolute atomic E-state index is 0.0895. The summed E-state index contributed by atoms with van der Waals surface area (Å²) in [5.41, 5.74) is 0.368. The molecule has 0 aliphatic carbocycles. The molecule has 100 valence electrons. The maximum atomic E-state index is 13.3. The molecular formula is C13H8BrF4N. The molecular weight excluding hydrogens is 326 g/mol. The molecule has 1 nitrogen and oxygen atoms in total. The number of hydrogen-bond acceptors (Lipinski definition) is 1. The van der Waals surface area contributed by atoms with Crippen LogP contribution >= 0.6 is 15.9 Å². The lowest BCUT2D eigenvalue weighted by Crippen LogP contribution is -2.04. The van der Waals surface area contributed by atoms with Gasteiger partial charge >= 0.3 is 0 Å². The molecule has 0 aromatic heterocycles. The summed E-state index contributed by atoms with van der Waals surface area (Å²) in [4.78, 5) is 0. The smallest absolute Gasteiger partial charge is 0.196 e. The van der Waals surface area contributed by atoms with E-state index in [4.69, 9.17) is 0 Å². The van der Waals surface area contributed by atoms with Gasteiger partial charge in [-0.15, -0.1) is 0 Å². The first-order valence-corrected chi connectivity index (χ1v) is 6.09. The second-order valence-corrected chi connectivity index (χ2v) is 4.68. The van der Waals surface area contributed by atoms with Gasteiger partial charge in [-0.2, -0.15) is 0 Å². The van der Waals surface area contributed by atoms with Gasteiger partial charge in [-0.25, -0.2) is 17.6 Å². The molecule has 0 heterocycles. The van der Waals surface area contributed by atoms with Crippen LogP contribution in [0.3, 0.4) is 0 Å². The van der Waals surface area contributed by atoms with Crippen molar-refractivity contribution in [2.75, 3.05) is 5.32 Å². The van der Waals surface area contributed by atoms with Gasteiger partial charge in [0.1, 0.15) is 5.82 Å². The molecule has 0 aliphatic heterocycles. The number of rotatable bonds is 3. The summed E-state index contributed by atoms with van der Waals surface area (Å²) in [5.74, 6) is -4.53. The maximum Gasteiger partial charge on any atom is 0.196 e. The van der Waals surface area contributed by atoms with Gasteiger partial charge in [-0.05, 0) is 45.8 Å². The van der Waals surface area contributed by atoms with Gasteiger partial charge in [0.25, 0.3) is 0 Å². The van der Waals surface area contributed by atoms with Gasteiger partial charge in [-0.1, -0.05) is 6.07 Å². The largest absolute Gasteiger partial charge is 0.379 e. The molecule has 0 aliphatic rings. The van der Waals surface area contributed by atoms with Crippen molar-refractivity contribution < 1.29 is 17.6 Å². The summed E-state index contributed by atoms with van der Waals surface area (Å²) < 4.78 is 52.6. The molecule has 0 fully saturated rings. The van der Waals surface area contributed by atoms with Crippen LogP contribution < -0.4 is 5.32 Å². The number of hydrogen-bond donors (Lipinski definition) is 1. The molecule has 2 aromatic carbocycles. The standard InChI is InChI=1S/C13H8BrF4N/c14-8-2-1-7(5-10(8)16)6-19-11-4-3-9(15)12(17)13(11)18/h1-5,19H,6H2. The summed E-state index contributed by atoms with van der Waals surface area (Å²) >= 11 is 3.01. The third-order valence-electron chi connectivity index (χ3n) is 2.50. The lowest BCUT2D eigenvalue weighted by molar-refractivity contribution is 0.449. The highest BCUT2D eigenvalue weighted by Crippen LogP contribution is 2.21. The minimum atomic E-state index is -1.54. The molecule has 0 amide bonds. The third-order valence-corrected chi connectivity index (χ3v) is 3.15. The Hall–Kier alpha value is -1.56. The van der Waals surface area contributed by atoms with Crippen LogP contribution in [0.5, 0.6) is 0 Å². The van der Waals surface area contributed by atoms with Gasteiger partial charge < -0.3 is 5.32 Å². The zero-order valence-electron chi connectivity index (χ0n) is 9.48. The van der Waals surface area contributed by atoms with Crippen molar-refractivity contribution in [2.24, 2.45) is 0 Å². The zero-order valence-corrected chi connectivity index (χ0v) is 11.1. The highest BCUT2D eigenvalue weighted by Gasteiger charge is 2.13. The van der Waals surface area contributed by atoms with Gasteiger partial charge in [0.05, 0.1) is 10.2 Å². The number of anilines is 1. The SMILES string of the molecule is Fc1cc(CNc2ccc(F)c(F)c2F)ccc1Br. The molecule has 2 rings (SSSR count). The second-order valence-electron chi connectivity index (χ2n) is 3.82. The number of halogens is 5. The zero-order chi connectivity index (χ0) is 14.0. The van der Waals surface area contributed by atoms with E-state index >= 15 is 0 Å². The first-order chi connectivity index (χ1) is 8.99. The summed E-state index contributed by atoms with van der Waals surface area (Å²) in [6.45, 7) is 0.0895. The molecule has 0 spiro atoms. The average molecular weight is 334 g/mol. The van der Waals surface area contributed by atoms with Crippen LogP contribution in [0, 0.1) is 23.3 Å². The predicted octanol–water partition coefficient (Wildman–Crippen LogP) is 4.62. The first kappa shape index (κ1) is 13.9. The van der Waals surface area contributed by atoms with E-state index in [0.29, 0.717) is 10.0 Å². The summed E-state index contributed by atoms with van der Waals surface area (Å²) in [5, 5.41) is 2.58. The number of nitrogens with one attached hydrogen (secondary N) is 1. The van der Waals surface area contributed by atoms with E-state index in [0.717, 1.165) is 12.1 Å². The number of benzene rings is 2. The molecule has 0 saturated carbocycles. The summed E-state index contributed by atoms with van der Waals surface area (Å²) in [6.07, 6.45) is 0. The molecule has 1 N–H and O–H groups in total. The Kier molecular flexibility index (Phi) is 4.09. The summed E-state index contributed by atoms with van der Waals surface area (Å²) in [7, 11) is 0. The maximum absolute atomic E-state index is 13.3.